The number of sulfonamides is 1. The number of para-hydroxylation sites is 1. The summed E-state index contributed by atoms with van der Waals surface area (Å²) < 4.78 is 35.8. The Kier molecular flexibility index (Phi) is 5.59. The minimum atomic E-state index is -3.95. The van der Waals surface area contributed by atoms with Gasteiger partial charge >= 0.3 is 5.76 Å². The number of ether oxygens (including phenoxy) is 1. The van der Waals surface area contributed by atoms with E-state index in [1.807, 2.05) is 37.3 Å². The van der Waals surface area contributed by atoms with Gasteiger partial charge in [0.2, 0.25) is 0 Å². The van der Waals surface area contributed by atoms with Crippen molar-refractivity contribution in [1.29, 1.82) is 0 Å². The molecule has 0 unspecified atom stereocenters. The first-order chi connectivity index (χ1) is 14.9. The Labute approximate surface area is 178 Å². The largest absolute Gasteiger partial charge is 0.488 e. The van der Waals surface area contributed by atoms with Gasteiger partial charge in [-0.05, 0) is 36.8 Å². The fraction of sp³-hybridized carbons (Fsp3) is 0.0909. The molecule has 0 saturated heterocycles. The molecule has 2 N–H and O–H groups in total. The van der Waals surface area contributed by atoms with Crippen LogP contribution in [0.15, 0.2) is 85.9 Å². The number of hydrazone groups is 1. The minimum absolute atomic E-state index is 0.0798. The van der Waals surface area contributed by atoms with E-state index in [2.05, 4.69) is 14.9 Å². The third-order valence-electron chi connectivity index (χ3n) is 4.51. The molecule has 158 valence electrons. The average molecular weight is 437 g/mol. The number of benzene rings is 3. The van der Waals surface area contributed by atoms with Crippen molar-refractivity contribution < 1.29 is 17.6 Å². The van der Waals surface area contributed by atoms with Crippen LogP contribution in [0.3, 0.4) is 0 Å². The first-order valence-corrected chi connectivity index (χ1v) is 10.8. The second-order valence-corrected chi connectivity index (χ2v) is 8.50. The highest BCUT2D eigenvalue weighted by Crippen LogP contribution is 2.19. The van der Waals surface area contributed by atoms with E-state index in [9.17, 15) is 13.2 Å². The number of hydrogen-bond donors (Lipinski definition) is 2. The summed E-state index contributed by atoms with van der Waals surface area (Å²) in [5, 5.41) is 3.86. The van der Waals surface area contributed by atoms with E-state index in [0.717, 1.165) is 5.56 Å². The van der Waals surface area contributed by atoms with Crippen LogP contribution in [-0.4, -0.2) is 19.6 Å². The molecular weight excluding hydrogens is 418 g/mol. The quantitative estimate of drug-likeness (QED) is 0.340. The molecule has 3 aromatic carbocycles. The Bertz CT molecular complexity index is 1400. The minimum Gasteiger partial charge on any atom is -0.488 e. The van der Waals surface area contributed by atoms with Crippen LogP contribution in [-0.2, 0) is 16.6 Å². The molecule has 0 bridgehead atoms. The van der Waals surface area contributed by atoms with Crippen molar-refractivity contribution in [3.05, 3.63) is 94.0 Å². The third-order valence-corrected chi connectivity index (χ3v) is 5.73. The van der Waals surface area contributed by atoms with E-state index >= 15 is 0 Å². The SMILES string of the molecule is Cc1ccc(COc2ccccc2/C=N/NS(=O)(=O)c2ccc3[nH]c(=O)oc3c2)cc1. The molecular formula is C22H19N3O5S. The van der Waals surface area contributed by atoms with Crippen molar-refractivity contribution in [3.8, 4) is 5.75 Å². The molecule has 0 saturated carbocycles. The first kappa shape index (κ1) is 20.4. The lowest BCUT2D eigenvalue weighted by molar-refractivity contribution is 0.306. The van der Waals surface area contributed by atoms with Crippen LogP contribution in [0.4, 0.5) is 0 Å². The normalized spacial score (nSPS) is 11.8. The Hall–Kier alpha value is -3.85. The number of aromatic amines is 1. The molecule has 1 heterocycles. The number of rotatable bonds is 7. The summed E-state index contributed by atoms with van der Waals surface area (Å²) in [6.07, 6.45) is 1.37. The highest BCUT2D eigenvalue weighted by Gasteiger charge is 2.15. The maximum Gasteiger partial charge on any atom is 0.417 e. The molecule has 1 aromatic heterocycles. The van der Waals surface area contributed by atoms with Crippen molar-refractivity contribution in [2.45, 2.75) is 18.4 Å². The summed E-state index contributed by atoms with van der Waals surface area (Å²) in [7, 11) is -3.95. The van der Waals surface area contributed by atoms with Gasteiger partial charge in [-0.25, -0.2) is 9.63 Å². The van der Waals surface area contributed by atoms with Gasteiger partial charge in [0, 0.05) is 11.6 Å². The number of hydrogen-bond acceptors (Lipinski definition) is 6. The maximum absolute atomic E-state index is 12.5. The molecule has 0 atom stereocenters. The van der Waals surface area contributed by atoms with Crippen molar-refractivity contribution in [3.63, 3.8) is 0 Å². The van der Waals surface area contributed by atoms with E-state index in [4.69, 9.17) is 9.15 Å². The molecule has 0 aliphatic heterocycles. The lowest BCUT2D eigenvalue weighted by Gasteiger charge is -2.09. The first-order valence-electron chi connectivity index (χ1n) is 9.36. The molecule has 0 spiro atoms. The summed E-state index contributed by atoms with van der Waals surface area (Å²) in [6, 6.07) is 19.2. The summed E-state index contributed by atoms with van der Waals surface area (Å²) in [4.78, 5) is 15.8. The number of nitrogens with zero attached hydrogens (tertiary/aromatic N) is 1. The fourth-order valence-corrected chi connectivity index (χ4v) is 3.68. The lowest BCUT2D eigenvalue weighted by Crippen LogP contribution is -2.18. The highest BCUT2D eigenvalue weighted by atomic mass is 32.2. The molecule has 0 fully saturated rings. The van der Waals surface area contributed by atoms with Crippen LogP contribution >= 0.6 is 0 Å². The molecule has 0 aliphatic carbocycles. The molecule has 8 nitrogen and oxygen atoms in total. The zero-order valence-corrected chi connectivity index (χ0v) is 17.3. The molecule has 0 aliphatic rings. The van der Waals surface area contributed by atoms with Gasteiger partial charge in [0.15, 0.2) is 5.58 Å². The predicted octanol–water partition coefficient (Wildman–Crippen LogP) is 3.32. The Morgan fingerprint density at radius 1 is 1.10 bits per heavy atom. The molecule has 0 amide bonds. The summed E-state index contributed by atoms with van der Waals surface area (Å²) in [5.74, 6) is -0.0840. The Morgan fingerprint density at radius 3 is 2.68 bits per heavy atom. The van der Waals surface area contributed by atoms with Gasteiger partial charge in [-0.1, -0.05) is 42.0 Å². The Balaban J connectivity index is 1.47. The maximum atomic E-state index is 12.5. The molecule has 4 aromatic rings. The number of fused-ring (bicyclic) bond motifs is 1. The van der Waals surface area contributed by atoms with E-state index < -0.39 is 15.8 Å². The highest BCUT2D eigenvalue weighted by molar-refractivity contribution is 7.89. The number of oxazole rings is 1. The van der Waals surface area contributed by atoms with Crippen LogP contribution in [0, 0.1) is 6.92 Å². The van der Waals surface area contributed by atoms with Gasteiger partial charge < -0.3 is 9.15 Å². The molecule has 31 heavy (non-hydrogen) atoms. The van der Waals surface area contributed by atoms with Gasteiger partial charge in [-0.15, -0.1) is 0 Å². The third kappa shape index (κ3) is 4.84. The fourth-order valence-electron chi connectivity index (χ4n) is 2.87. The van der Waals surface area contributed by atoms with Gasteiger partial charge in [0.05, 0.1) is 16.6 Å². The monoisotopic (exact) mass is 437 g/mol. The van der Waals surface area contributed by atoms with E-state index in [0.29, 0.717) is 23.4 Å². The van der Waals surface area contributed by atoms with Crippen LogP contribution in [0.2, 0.25) is 0 Å². The summed E-state index contributed by atoms with van der Waals surface area (Å²) >= 11 is 0. The van der Waals surface area contributed by atoms with Crippen molar-refractivity contribution >= 4 is 27.3 Å². The van der Waals surface area contributed by atoms with E-state index in [-0.39, 0.29) is 10.5 Å². The number of nitrogens with one attached hydrogen (secondary N) is 2. The van der Waals surface area contributed by atoms with E-state index in [1.165, 1.54) is 30.0 Å². The summed E-state index contributed by atoms with van der Waals surface area (Å²) in [6.45, 7) is 2.39. The average Bonchev–Trinajstić information content (AvgIpc) is 3.13. The van der Waals surface area contributed by atoms with Crippen molar-refractivity contribution in [1.82, 2.24) is 9.82 Å². The zero-order valence-electron chi connectivity index (χ0n) is 16.5. The second kappa shape index (κ2) is 8.49. The van der Waals surface area contributed by atoms with Crippen molar-refractivity contribution in [2.24, 2.45) is 5.10 Å². The van der Waals surface area contributed by atoms with Crippen LogP contribution in [0.1, 0.15) is 16.7 Å². The van der Waals surface area contributed by atoms with Crippen molar-refractivity contribution in [2.75, 3.05) is 0 Å². The van der Waals surface area contributed by atoms with Gasteiger partial charge in [-0.2, -0.15) is 13.5 Å². The van der Waals surface area contributed by atoms with Gasteiger partial charge in [0.1, 0.15) is 12.4 Å². The molecule has 0 radical (unpaired) electrons. The summed E-state index contributed by atoms with van der Waals surface area (Å²) in [5.41, 5.74) is 3.36. The molecule has 9 heteroatoms. The Morgan fingerprint density at radius 2 is 1.87 bits per heavy atom. The second-order valence-electron chi connectivity index (χ2n) is 6.84. The van der Waals surface area contributed by atoms with Gasteiger partial charge in [0.25, 0.3) is 10.0 Å². The molecule has 4 rings (SSSR count). The number of aromatic nitrogens is 1. The smallest absolute Gasteiger partial charge is 0.417 e. The van der Waals surface area contributed by atoms with E-state index in [1.54, 1.807) is 18.2 Å². The van der Waals surface area contributed by atoms with Crippen LogP contribution in [0.25, 0.3) is 11.1 Å². The van der Waals surface area contributed by atoms with Crippen LogP contribution in [0.5, 0.6) is 5.75 Å². The van der Waals surface area contributed by atoms with Crippen LogP contribution < -0.4 is 15.3 Å². The zero-order chi connectivity index (χ0) is 21.8. The number of H-pyrrole nitrogens is 1. The topological polar surface area (TPSA) is 114 Å². The lowest BCUT2D eigenvalue weighted by atomic mass is 10.1. The predicted molar refractivity (Wildman–Crippen MR) is 117 cm³/mol. The van der Waals surface area contributed by atoms with Gasteiger partial charge in [-0.3, -0.25) is 4.98 Å². The number of aryl methyl sites for hydroxylation is 1. The standard InChI is InChI=1S/C22H19N3O5S/c1-15-6-8-16(9-7-15)14-29-20-5-3-2-4-17(20)13-23-25-31(27,28)18-10-11-19-21(12-18)30-22(26)24-19/h2-13,25H,14H2,1H3,(H,24,26)/b23-13+.